The molecule has 0 saturated carbocycles. The van der Waals surface area contributed by atoms with Crippen LogP contribution in [0.3, 0.4) is 0 Å². The van der Waals surface area contributed by atoms with Crippen LogP contribution in [0.2, 0.25) is 5.02 Å². The van der Waals surface area contributed by atoms with E-state index in [4.69, 9.17) is 11.6 Å². The molecule has 1 amide bonds. The maximum atomic E-state index is 12.0. The summed E-state index contributed by atoms with van der Waals surface area (Å²) >= 11 is 7.03. The molecule has 0 atom stereocenters. The lowest BCUT2D eigenvalue weighted by atomic mass is 10.3. The number of aromatic amines is 1. The summed E-state index contributed by atoms with van der Waals surface area (Å²) in [6.45, 7) is 1.58. The number of rotatable bonds is 4. The molecule has 8 nitrogen and oxygen atoms in total. The first-order chi connectivity index (χ1) is 11.0. The van der Waals surface area contributed by atoms with Crippen molar-refractivity contribution in [2.24, 2.45) is 0 Å². The minimum atomic E-state index is -0.319. The molecule has 2 aromatic heterocycles. The SMILES string of the molecule is Cc1nn2c(SCC(=O)Nc3cccc(Cl)c3)nnc2[nH]c1=O. The summed E-state index contributed by atoms with van der Waals surface area (Å²) in [5, 5.41) is 15.5. The molecule has 3 rings (SSSR count). The van der Waals surface area contributed by atoms with Crippen molar-refractivity contribution in [1.82, 2.24) is 24.8 Å². The average Bonchev–Trinajstić information content (AvgIpc) is 2.88. The molecule has 118 valence electrons. The number of nitrogens with zero attached hydrogens (tertiary/aromatic N) is 4. The van der Waals surface area contributed by atoms with Crippen molar-refractivity contribution in [3.8, 4) is 0 Å². The van der Waals surface area contributed by atoms with E-state index in [9.17, 15) is 9.59 Å². The van der Waals surface area contributed by atoms with E-state index in [1.165, 1.54) is 4.52 Å². The molecule has 0 bridgehead atoms. The van der Waals surface area contributed by atoms with Gasteiger partial charge in [-0.2, -0.15) is 9.61 Å². The van der Waals surface area contributed by atoms with Crippen molar-refractivity contribution in [2.75, 3.05) is 11.1 Å². The van der Waals surface area contributed by atoms with Crippen molar-refractivity contribution in [2.45, 2.75) is 12.1 Å². The monoisotopic (exact) mass is 350 g/mol. The smallest absolute Gasteiger partial charge is 0.273 e. The third-order valence-corrected chi connectivity index (χ3v) is 4.01. The van der Waals surface area contributed by atoms with Crippen LogP contribution in [-0.4, -0.2) is 36.5 Å². The van der Waals surface area contributed by atoms with Gasteiger partial charge in [-0.1, -0.05) is 29.4 Å². The second kappa shape index (κ2) is 6.39. The van der Waals surface area contributed by atoms with Crippen LogP contribution in [0.1, 0.15) is 5.69 Å². The minimum absolute atomic E-state index is 0.118. The second-order valence-electron chi connectivity index (χ2n) is 4.60. The van der Waals surface area contributed by atoms with Gasteiger partial charge in [0.2, 0.25) is 11.1 Å². The van der Waals surface area contributed by atoms with Crippen LogP contribution >= 0.6 is 23.4 Å². The largest absolute Gasteiger partial charge is 0.325 e. The number of carbonyl (C=O) groups is 1. The van der Waals surface area contributed by atoms with Crippen molar-refractivity contribution in [3.05, 3.63) is 45.3 Å². The Hall–Kier alpha value is -2.39. The third-order valence-electron chi connectivity index (χ3n) is 2.86. The van der Waals surface area contributed by atoms with Gasteiger partial charge < -0.3 is 5.32 Å². The zero-order valence-corrected chi connectivity index (χ0v) is 13.5. The molecule has 3 aromatic rings. The highest BCUT2D eigenvalue weighted by Crippen LogP contribution is 2.17. The van der Waals surface area contributed by atoms with Crippen LogP contribution < -0.4 is 10.9 Å². The molecule has 2 heterocycles. The Morgan fingerprint density at radius 3 is 3.04 bits per heavy atom. The van der Waals surface area contributed by atoms with E-state index in [0.29, 0.717) is 21.6 Å². The van der Waals surface area contributed by atoms with E-state index in [1.807, 2.05) is 0 Å². The van der Waals surface area contributed by atoms with Crippen molar-refractivity contribution in [1.29, 1.82) is 0 Å². The highest BCUT2D eigenvalue weighted by atomic mass is 35.5. The van der Waals surface area contributed by atoms with E-state index in [0.717, 1.165) is 11.8 Å². The number of halogens is 1. The Morgan fingerprint density at radius 2 is 2.26 bits per heavy atom. The number of aryl methyl sites for hydroxylation is 1. The highest BCUT2D eigenvalue weighted by Gasteiger charge is 2.12. The van der Waals surface area contributed by atoms with E-state index in [-0.39, 0.29) is 23.0 Å². The number of amides is 1. The fraction of sp³-hybridized carbons (Fsp3) is 0.154. The molecule has 0 saturated heterocycles. The molecule has 1 aromatic carbocycles. The number of nitrogens with one attached hydrogen (secondary N) is 2. The molecule has 23 heavy (non-hydrogen) atoms. The standard InChI is InChI=1S/C13H11ClN6O2S/c1-7-11(22)16-12-17-18-13(20(12)19-7)23-6-10(21)15-9-4-2-3-8(14)5-9/h2-5H,6H2,1H3,(H,15,21)(H,16,17,22). The van der Waals surface area contributed by atoms with Gasteiger partial charge in [0, 0.05) is 10.7 Å². The first-order valence-corrected chi connectivity index (χ1v) is 7.90. The predicted octanol–water partition coefficient (Wildman–Crippen LogP) is 1.51. The Labute approximate surface area is 139 Å². The van der Waals surface area contributed by atoms with Gasteiger partial charge in [-0.15, -0.1) is 10.2 Å². The number of fused-ring (bicyclic) bond motifs is 1. The van der Waals surface area contributed by atoms with E-state index in [1.54, 1.807) is 31.2 Å². The van der Waals surface area contributed by atoms with E-state index >= 15 is 0 Å². The first-order valence-electron chi connectivity index (χ1n) is 6.53. The normalized spacial score (nSPS) is 10.9. The van der Waals surface area contributed by atoms with Gasteiger partial charge in [0.25, 0.3) is 11.3 Å². The fourth-order valence-electron chi connectivity index (χ4n) is 1.80. The third kappa shape index (κ3) is 3.51. The van der Waals surface area contributed by atoms with Gasteiger partial charge in [-0.25, -0.2) is 0 Å². The summed E-state index contributed by atoms with van der Waals surface area (Å²) in [4.78, 5) is 26.0. The summed E-state index contributed by atoms with van der Waals surface area (Å²) in [6, 6.07) is 6.88. The Bertz CT molecular complexity index is 938. The number of carbonyl (C=O) groups excluding carboxylic acids is 1. The van der Waals surface area contributed by atoms with Gasteiger partial charge in [0.1, 0.15) is 5.69 Å². The summed E-state index contributed by atoms with van der Waals surface area (Å²) in [5.41, 5.74) is 0.593. The Balaban J connectivity index is 1.69. The molecule has 2 N–H and O–H groups in total. The van der Waals surface area contributed by atoms with Crippen molar-refractivity contribution < 1.29 is 4.79 Å². The molecule has 0 aliphatic rings. The van der Waals surface area contributed by atoms with Crippen molar-refractivity contribution >= 4 is 40.7 Å². The average molecular weight is 351 g/mol. The lowest BCUT2D eigenvalue weighted by Crippen LogP contribution is -2.16. The summed E-state index contributed by atoms with van der Waals surface area (Å²) in [7, 11) is 0. The maximum absolute atomic E-state index is 12.0. The summed E-state index contributed by atoms with van der Waals surface area (Å²) in [6.07, 6.45) is 0. The maximum Gasteiger partial charge on any atom is 0.273 e. The van der Waals surface area contributed by atoms with Crippen LogP contribution in [0.4, 0.5) is 5.69 Å². The number of benzene rings is 1. The number of thioether (sulfide) groups is 1. The lowest BCUT2D eigenvalue weighted by Gasteiger charge is -2.04. The summed E-state index contributed by atoms with van der Waals surface area (Å²) < 4.78 is 1.40. The quantitative estimate of drug-likeness (QED) is 0.691. The predicted molar refractivity (Wildman–Crippen MR) is 86.9 cm³/mol. The van der Waals surface area contributed by atoms with E-state index < -0.39 is 0 Å². The number of aromatic nitrogens is 5. The molecule has 0 aliphatic carbocycles. The highest BCUT2D eigenvalue weighted by molar-refractivity contribution is 7.99. The molecule has 0 fully saturated rings. The number of H-pyrrole nitrogens is 1. The van der Waals surface area contributed by atoms with Crippen LogP contribution in [0.5, 0.6) is 0 Å². The number of anilines is 1. The van der Waals surface area contributed by atoms with Gasteiger partial charge in [-0.05, 0) is 25.1 Å². The van der Waals surface area contributed by atoms with Crippen molar-refractivity contribution in [3.63, 3.8) is 0 Å². The molecule has 0 radical (unpaired) electrons. The molecule has 0 aliphatic heterocycles. The van der Waals surface area contributed by atoms with Gasteiger partial charge in [-0.3, -0.25) is 14.6 Å². The van der Waals surface area contributed by atoms with E-state index in [2.05, 4.69) is 25.6 Å². The van der Waals surface area contributed by atoms with Crippen LogP contribution in [0.25, 0.3) is 5.78 Å². The van der Waals surface area contributed by atoms with Gasteiger partial charge in [0.15, 0.2) is 0 Å². The summed E-state index contributed by atoms with van der Waals surface area (Å²) in [5.74, 6) is 0.140. The van der Waals surface area contributed by atoms with Crippen LogP contribution in [0, 0.1) is 6.92 Å². The molecule has 0 spiro atoms. The molecular weight excluding hydrogens is 340 g/mol. The zero-order valence-electron chi connectivity index (χ0n) is 11.9. The van der Waals surface area contributed by atoms with Crippen LogP contribution in [0.15, 0.2) is 34.2 Å². The Morgan fingerprint density at radius 1 is 1.43 bits per heavy atom. The number of hydrogen-bond donors (Lipinski definition) is 2. The topological polar surface area (TPSA) is 105 Å². The molecule has 0 unspecified atom stereocenters. The zero-order chi connectivity index (χ0) is 16.4. The second-order valence-corrected chi connectivity index (χ2v) is 5.98. The van der Waals surface area contributed by atoms with Gasteiger partial charge >= 0.3 is 0 Å². The lowest BCUT2D eigenvalue weighted by molar-refractivity contribution is -0.113. The molecular formula is C13H11ClN6O2S. The van der Waals surface area contributed by atoms with Crippen LogP contribution in [-0.2, 0) is 4.79 Å². The molecule has 10 heteroatoms. The Kier molecular flexibility index (Phi) is 4.30. The van der Waals surface area contributed by atoms with Gasteiger partial charge in [0.05, 0.1) is 5.75 Å². The minimum Gasteiger partial charge on any atom is -0.325 e. The number of hydrogen-bond acceptors (Lipinski definition) is 6. The fourth-order valence-corrected chi connectivity index (χ4v) is 2.68. The first kappa shape index (κ1) is 15.5.